The van der Waals surface area contributed by atoms with Crippen LogP contribution in [0.4, 0.5) is 11.4 Å². The van der Waals surface area contributed by atoms with Crippen LogP contribution in [0.3, 0.4) is 0 Å². The Morgan fingerprint density at radius 3 is 2.82 bits per heavy atom. The monoisotopic (exact) mass is 383 g/mol. The predicted molar refractivity (Wildman–Crippen MR) is 100.0 cm³/mol. The second kappa shape index (κ2) is 8.85. The molecule has 0 bridgehead atoms. The summed E-state index contributed by atoms with van der Waals surface area (Å²) in [6.45, 7) is 0.528. The Bertz CT molecular complexity index is 900. The number of nitro benzene ring substituents is 1. The fourth-order valence-corrected chi connectivity index (χ4v) is 2.91. The first-order valence-corrected chi connectivity index (χ1v) is 8.46. The van der Waals surface area contributed by atoms with Gasteiger partial charge in [0.1, 0.15) is 6.61 Å². The molecule has 1 heterocycles. The highest BCUT2D eigenvalue weighted by Gasteiger charge is 2.33. The molecule has 2 atom stereocenters. The second-order valence-corrected chi connectivity index (χ2v) is 6.03. The molecule has 28 heavy (non-hydrogen) atoms. The maximum Gasteiger partial charge on any atom is 0.312 e. The van der Waals surface area contributed by atoms with Crippen LogP contribution < -0.4 is 9.64 Å². The van der Waals surface area contributed by atoms with E-state index < -0.39 is 17.3 Å². The van der Waals surface area contributed by atoms with E-state index in [1.165, 1.54) is 12.1 Å². The molecule has 144 valence electrons. The highest BCUT2D eigenvalue weighted by Crippen LogP contribution is 2.34. The largest absolute Gasteiger partial charge is 0.482 e. The third-order valence-corrected chi connectivity index (χ3v) is 4.21. The molecule has 1 unspecified atom stereocenters. The molecule has 0 amide bonds. The molecule has 0 spiro atoms. The second-order valence-electron chi connectivity index (χ2n) is 6.03. The minimum absolute atomic E-state index is 0.0672. The van der Waals surface area contributed by atoms with Crippen molar-refractivity contribution in [3.05, 3.63) is 74.7 Å². The van der Waals surface area contributed by atoms with Crippen LogP contribution in [0.5, 0.6) is 5.75 Å². The minimum atomic E-state index is -0.908. The standard InChI is InChI=1S/C18H17N5O5/c19-21-20-9-15-10-22(18(11-24)28-15)14-6-7-17(16(8-14)23(25)26)27-12-13-4-2-1-3-5-13/h1-8,11,15,18H,9-10,12H2/t15-,18?/m0/s1. The molecule has 3 rings (SSSR count). The Balaban J connectivity index is 1.80. The molecule has 0 radical (unpaired) electrons. The molecule has 2 aromatic rings. The third kappa shape index (κ3) is 4.37. The number of hydrogen-bond acceptors (Lipinski definition) is 7. The van der Waals surface area contributed by atoms with Gasteiger partial charge in [0, 0.05) is 23.2 Å². The lowest BCUT2D eigenvalue weighted by atomic mass is 10.2. The van der Waals surface area contributed by atoms with Crippen molar-refractivity contribution in [3.8, 4) is 5.75 Å². The summed E-state index contributed by atoms with van der Waals surface area (Å²) in [7, 11) is 0. The number of benzene rings is 2. The number of carbonyl (C=O) groups is 1. The summed E-state index contributed by atoms with van der Waals surface area (Å²) in [5.74, 6) is 0.131. The SMILES string of the molecule is [N-]=[N+]=NC[C@H]1CN(c2ccc(OCc3ccccc3)c([N+](=O)[O-])c2)C(C=O)O1. The molecule has 0 aliphatic carbocycles. The smallest absolute Gasteiger partial charge is 0.312 e. The third-order valence-electron chi connectivity index (χ3n) is 4.21. The van der Waals surface area contributed by atoms with Crippen molar-refractivity contribution < 1.29 is 19.2 Å². The van der Waals surface area contributed by atoms with Crippen molar-refractivity contribution in [3.63, 3.8) is 0 Å². The molecule has 10 heteroatoms. The van der Waals surface area contributed by atoms with Crippen LogP contribution in [0.1, 0.15) is 5.56 Å². The molecule has 10 nitrogen and oxygen atoms in total. The van der Waals surface area contributed by atoms with Crippen LogP contribution in [-0.2, 0) is 16.1 Å². The normalized spacial score (nSPS) is 18.4. The predicted octanol–water partition coefficient (Wildman–Crippen LogP) is 3.21. The van der Waals surface area contributed by atoms with Crippen molar-refractivity contribution in [2.24, 2.45) is 5.11 Å². The van der Waals surface area contributed by atoms with E-state index in [0.717, 1.165) is 5.56 Å². The first-order chi connectivity index (χ1) is 13.6. The highest BCUT2D eigenvalue weighted by molar-refractivity contribution is 5.68. The highest BCUT2D eigenvalue weighted by atomic mass is 16.6. The Labute approximate surface area is 160 Å². The number of carbonyl (C=O) groups excluding carboxylic acids is 1. The summed E-state index contributed by atoms with van der Waals surface area (Å²) in [6.07, 6.45) is -0.782. The van der Waals surface area contributed by atoms with E-state index in [4.69, 9.17) is 15.0 Å². The Morgan fingerprint density at radius 1 is 1.36 bits per heavy atom. The van der Waals surface area contributed by atoms with Crippen LogP contribution in [0, 0.1) is 10.1 Å². The van der Waals surface area contributed by atoms with Gasteiger partial charge in [0.25, 0.3) is 0 Å². The van der Waals surface area contributed by atoms with Crippen molar-refractivity contribution in [1.82, 2.24) is 0 Å². The average molecular weight is 383 g/mol. The molecule has 0 saturated carbocycles. The maximum atomic E-state index is 11.5. The molecule has 1 fully saturated rings. The summed E-state index contributed by atoms with van der Waals surface area (Å²) in [4.78, 5) is 26.6. The summed E-state index contributed by atoms with van der Waals surface area (Å²) < 4.78 is 11.1. The van der Waals surface area contributed by atoms with Gasteiger partial charge in [-0.1, -0.05) is 35.4 Å². The van der Waals surface area contributed by atoms with Crippen LogP contribution in [0.2, 0.25) is 0 Å². The van der Waals surface area contributed by atoms with E-state index in [2.05, 4.69) is 10.0 Å². The summed E-state index contributed by atoms with van der Waals surface area (Å²) >= 11 is 0. The van der Waals surface area contributed by atoms with E-state index in [0.29, 0.717) is 12.0 Å². The van der Waals surface area contributed by atoms with Gasteiger partial charge in [0.05, 0.1) is 17.6 Å². The van der Waals surface area contributed by atoms with Crippen molar-refractivity contribution in [1.29, 1.82) is 0 Å². The average Bonchev–Trinajstić information content (AvgIpc) is 3.14. The van der Waals surface area contributed by atoms with Gasteiger partial charge in [0.2, 0.25) is 0 Å². The molecule has 1 aliphatic heterocycles. The Kier molecular flexibility index (Phi) is 6.05. The number of azide groups is 1. The van der Waals surface area contributed by atoms with E-state index in [1.54, 1.807) is 11.0 Å². The van der Waals surface area contributed by atoms with Gasteiger partial charge in [-0.05, 0) is 23.2 Å². The van der Waals surface area contributed by atoms with Gasteiger partial charge in [-0.3, -0.25) is 14.9 Å². The Morgan fingerprint density at radius 2 is 2.14 bits per heavy atom. The number of anilines is 1. The first-order valence-electron chi connectivity index (χ1n) is 8.46. The number of ether oxygens (including phenoxy) is 2. The van der Waals surface area contributed by atoms with Crippen LogP contribution in [-0.4, -0.2) is 36.6 Å². The fraction of sp³-hybridized carbons (Fsp3) is 0.278. The van der Waals surface area contributed by atoms with Crippen molar-refractivity contribution in [2.45, 2.75) is 18.9 Å². The molecule has 0 N–H and O–H groups in total. The fourth-order valence-electron chi connectivity index (χ4n) is 2.91. The number of nitrogens with zero attached hydrogens (tertiary/aromatic N) is 5. The van der Waals surface area contributed by atoms with E-state index >= 15 is 0 Å². The minimum Gasteiger partial charge on any atom is -0.482 e. The van der Waals surface area contributed by atoms with Crippen LogP contribution in [0.15, 0.2) is 53.6 Å². The lowest BCUT2D eigenvalue weighted by Gasteiger charge is -2.21. The number of nitro groups is 1. The van der Waals surface area contributed by atoms with E-state index in [9.17, 15) is 14.9 Å². The zero-order valence-electron chi connectivity index (χ0n) is 14.7. The lowest BCUT2D eigenvalue weighted by Crippen LogP contribution is -2.31. The van der Waals surface area contributed by atoms with Crippen LogP contribution >= 0.6 is 0 Å². The molecular formula is C18H17N5O5. The first kappa shape index (κ1) is 19.2. The molecular weight excluding hydrogens is 366 g/mol. The van der Waals surface area contributed by atoms with Gasteiger partial charge in [-0.2, -0.15) is 0 Å². The topological polar surface area (TPSA) is 131 Å². The molecule has 2 aromatic carbocycles. The lowest BCUT2D eigenvalue weighted by molar-refractivity contribution is -0.385. The van der Waals surface area contributed by atoms with Gasteiger partial charge in [-0.25, -0.2) is 0 Å². The summed E-state index contributed by atoms with van der Waals surface area (Å²) in [6, 6.07) is 13.8. The zero-order chi connectivity index (χ0) is 19.9. The molecule has 1 aliphatic rings. The van der Waals surface area contributed by atoms with Gasteiger partial charge < -0.3 is 14.4 Å². The molecule has 1 saturated heterocycles. The van der Waals surface area contributed by atoms with Gasteiger partial charge in [0.15, 0.2) is 18.3 Å². The van der Waals surface area contributed by atoms with E-state index in [1.807, 2.05) is 30.3 Å². The summed E-state index contributed by atoms with van der Waals surface area (Å²) in [5, 5.41) is 15.0. The quantitative estimate of drug-likeness (QED) is 0.172. The van der Waals surface area contributed by atoms with Gasteiger partial charge >= 0.3 is 5.69 Å². The number of rotatable bonds is 8. The van der Waals surface area contributed by atoms with Crippen molar-refractivity contribution in [2.75, 3.05) is 18.0 Å². The Hall–Kier alpha value is -3.62. The molecule has 0 aromatic heterocycles. The zero-order valence-corrected chi connectivity index (χ0v) is 14.7. The number of aldehydes is 1. The van der Waals surface area contributed by atoms with Crippen LogP contribution in [0.25, 0.3) is 10.4 Å². The summed E-state index contributed by atoms with van der Waals surface area (Å²) in [5.41, 5.74) is 9.54. The maximum absolute atomic E-state index is 11.5. The van der Waals surface area contributed by atoms with Crippen molar-refractivity contribution >= 4 is 17.7 Å². The number of hydrogen-bond donors (Lipinski definition) is 0. The van der Waals surface area contributed by atoms with E-state index in [-0.39, 0.29) is 31.1 Å². The van der Waals surface area contributed by atoms with Gasteiger partial charge in [-0.15, -0.1) is 0 Å².